The van der Waals surface area contributed by atoms with E-state index in [4.69, 9.17) is 0 Å². The average Bonchev–Trinajstić information content (AvgIpc) is 3.05. The molecule has 3 rings (SSSR count). The lowest BCUT2D eigenvalue weighted by atomic mass is 10.0. The molecule has 2 aromatic rings. The summed E-state index contributed by atoms with van der Waals surface area (Å²) in [4.78, 5) is 12.8. The maximum atomic E-state index is 12.8. The van der Waals surface area contributed by atoms with Gasteiger partial charge in [0.2, 0.25) is 5.91 Å². The maximum absolute atomic E-state index is 12.8. The second-order valence-corrected chi connectivity index (χ2v) is 5.91. The molecule has 0 aliphatic carbocycles. The maximum Gasteiger partial charge on any atom is 0.245 e. The Labute approximate surface area is 153 Å². The predicted octanol–water partition coefficient (Wildman–Crippen LogP) is 1.22. The lowest BCUT2D eigenvalue weighted by molar-refractivity contribution is -0.124. The first-order valence-electron chi connectivity index (χ1n) is 8.19. The highest BCUT2D eigenvalue weighted by Gasteiger charge is 2.24. The van der Waals surface area contributed by atoms with Crippen molar-refractivity contribution in [2.24, 2.45) is 0 Å². The van der Waals surface area contributed by atoms with Crippen LogP contribution in [-0.4, -0.2) is 45.7 Å². The number of benzene rings is 1. The zero-order valence-electron chi connectivity index (χ0n) is 14.2. The van der Waals surface area contributed by atoms with Crippen LogP contribution in [0, 0.1) is 6.92 Å². The third kappa shape index (κ3) is 5.11. The van der Waals surface area contributed by atoms with Gasteiger partial charge in [0.15, 0.2) is 0 Å². The summed E-state index contributed by atoms with van der Waals surface area (Å²) in [7, 11) is 0. The van der Waals surface area contributed by atoms with Crippen molar-refractivity contribution in [1.29, 1.82) is 0 Å². The molecule has 1 aliphatic heterocycles. The number of rotatable bonds is 6. The minimum absolute atomic E-state index is 0. The molecule has 1 unspecified atom stereocenters. The van der Waals surface area contributed by atoms with E-state index in [9.17, 15) is 4.79 Å². The molecule has 0 fully saturated rings. The molecule has 0 radical (unpaired) electrons. The second-order valence-electron chi connectivity index (χ2n) is 5.91. The minimum Gasteiger partial charge on any atom is -0.350 e. The van der Waals surface area contributed by atoms with Crippen LogP contribution in [0.5, 0.6) is 0 Å². The number of tetrazole rings is 1. The highest BCUT2D eigenvalue weighted by Crippen LogP contribution is 2.15. The fraction of sp³-hybridized carbons (Fsp3) is 0.412. The van der Waals surface area contributed by atoms with Gasteiger partial charge in [-0.05, 0) is 35.9 Å². The van der Waals surface area contributed by atoms with Gasteiger partial charge in [-0.2, -0.15) is 0 Å². The number of amides is 1. The molecule has 134 valence electrons. The first kappa shape index (κ1) is 19.1. The molecule has 2 heterocycles. The Morgan fingerprint density at radius 3 is 2.80 bits per heavy atom. The van der Waals surface area contributed by atoms with Crippen molar-refractivity contribution in [2.45, 2.75) is 25.8 Å². The number of halogens is 1. The molecule has 1 aromatic carbocycles. The number of nitrogens with zero attached hydrogens (tertiary/aromatic N) is 4. The molecule has 25 heavy (non-hydrogen) atoms. The number of hydrogen-bond donors (Lipinski definition) is 2. The van der Waals surface area contributed by atoms with E-state index in [0.717, 1.165) is 25.1 Å². The van der Waals surface area contributed by atoms with Crippen molar-refractivity contribution < 1.29 is 4.79 Å². The normalized spacial score (nSPS) is 15.0. The van der Waals surface area contributed by atoms with Crippen molar-refractivity contribution >= 4 is 18.3 Å². The van der Waals surface area contributed by atoms with Gasteiger partial charge in [0, 0.05) is 19.5 Å². The van der Waals surface area contributed by atoms with Crippen molar-refractivity contribution in [3.8, 4) is 0 Å². The molecule has 8 heteroatoms. The van der Waals surface area contributed by atoms with E-state index >= 15 is 0 Å². The van der Waals surface area contributed by atoms with Crippen LogP contribution in [0.1, 0.15) is 23.9 Å². The summed E-state index contributed by atoms with van der Waals surface area (Å²) in [5.41, 5.74) is 2.34. The quantitative estimate of drug-likeness (QED) is 0.755. The van der Waals surface area contributed by atoms with Gasteiger partial charge in [0.1, 0.15) is 11.9 Å². The largest absolute Gasteiger partial charge is 0.350 e. The van der Waals surface area contributed by atoms with Gasteiger partial charge < -0.3 is 10.6 Å². The standard InChI is InChI=1S/C17H22N6O.ClH/c1-13-20-21-22-23(13)16(11-14-5-3-2-4-6-14)17(24)19-12-15-7-9-18-10-8-15;/h2-7,16,18H,8-12H2,1H3,(H,19,24);1H. The summed E-state index contributed by atoms with van der Waals surface area (Å²) < 4.78 is 1.60. The Balaban J connectivity index is 0.00000225. The Morgan fingerprint density at radius 2 is 2.16 bits per heavy atom. The molecule has 1 atom stereocenters. The van der Waals surface area contributed by atoms with Crippen molar-refractivity contribution in [3.05, 3.63) is 53.4 Å². The van der Waals surface area contributed by atoms with E-state index < -0.39 is 6.04 Å². The highest BCUT2D eigenvalue weighted by molar-refractivity contribution is 5.85. The third-order valence-corrected chi connectivity index (χ3v) is 4.17. The molecule has 2 N–H and O–H groups in total. The summed E-state index contributed by atoms with van der Waals surface area (Å²) in [5, 5.41) is 17.9. The van der Waals surface area contributed by atoms with E-state index in [-0.39, 0.29) is 18.3 Å². The molecule has 7 nitrogen and oxygen atoms in total. The SMILES string of the molecule is Cc1nnnn1C(Cc1ccccc1)C(=O)NCC1=CCNCC1.Cl. The summed E-state index contributed by atoms with van der Waals surface area (Å²) >= 11 is 0. The topological polar surface area (TPSA) is 84.7 Å². The van der Waals surface area contributed by atoms with Crippen LogP contribution < -0.4 is 10.6 Å². The molecule has 1 amide bonds. The Hall–Kier alpha value is -2.25. The summed E-state index contributed by atoms with van der Waals surface area (Å²) in [6.07, 6.45) is 3.66. The number of hydrogen-bond acceptors (Lipinski definition) is 5. The number of nitrogens with one attached hydrogen (secondary N) is 2. The average molecular weight is 363 g/mol. The molecule has 0 saturated heterocycles. The van der Waals surface area contributed by atoms with E-state index in [2.05, 4.69) is 32.2 Å². The Bertz CT molecular complexity index is 715. The van der Waals surface area contributed by atoms with Crippen LogP contribution >= 0.6 is 12.4 Å². The van der Waals surface area contributed by atoms with Crippen LogP contribution in [0.15, 0.2) is 42.0 Å². The fourth-order valence-corrected chi connectivity index (χ4v) is 2.80. The van der Waals surface area contributed by atoms with Crippen molar-refractivity contribution in [2.75, 3.05) is 19.6 Å². The number of aromatic nitrogens is 4. The first-order chi connectivity index (χ1) is 11.7. The number of carbonyl (C=O) groups excluding carboxylic acids is 1. The van der Waals surface area contributed by atoms with Gasteiger partial charge in [0.05, 0.1) is 0 Å². The van der Waals surface area contributed by atoms with Crippen LogP contribution in [0.2, 0.25) is 0 Å². The molecule has 0 saturated carbocycles. The Morgan fingerprint density at radius 1 is 1.36 bits per heavy atom. The van der Waals surface area contributed by atoms with Gasteiger partial charge >= 0.3 is 0 Å². The Kier molecular flexibility index (Phi) is 7.09. The van der Waals surface area contributed by atoms with Crippen LogP contribution in [0.25, 0.3) is 0 Å². The molecular weight excluding hydrogens is 340 g/mol. The van der Waals surface area contributed by atoms with Gasteiger partial charge in [-0.1, -0.05) is 42.0 Å². The molecule has 0 bridgehead atoms. The predicted molar refractivity (Wildman–Crippen MR) is 97.6 cm³/mol. The third-order valence-electron chi connectivity index (χ3n) is 4.17. The number of aryl methyl sites for hydroxylation is 1. The van der Waals surface area contributed by atoms with E-state index in [1.807, 2.05) is 30.3 Å². The molecular formula is C17H23ClN6O. The van der Waals surface area contributed by atoms with Crippen LogP contribution in [0.3, 0.4) is 0 Å². The highest BCUT2D eigenvalue weighted by atomic mass is 35.5. The summed E-state index contributed by atoms with van der Waals surface area (Å²) in [5.74, 6) is 0.570. The fourth-order valence-electron chi connectivity index (χ4n) is 2.80. The summed E-state index contributed by atoms with van der Waals surface area (Å²) in [6, 6.07) is 9.46. The molecule has 1 aromatic heterocycles. The minimum atomic E-state index is -0.454. The monoisotopic (exact) mass is 362 g/mol. The second kappa shape index (κ2) is 9.29. The first-order valence-corrected chi connectivity index (χ1v) is 8.19. The zero-order valence-corrected chi connectivity index (χ0v) is 15.0. The van der Waals surface area contributed by atoms with Crippen LogP contribution in [0.4, 0.5) is 0 Å². The summed E-state index contributed by atoms with van der Waals surface area (Å²) in [6.45, 7) is 4.21. The van der Waals surface area contributed by atoms with Crippen molar-refractivity contribution in [1.82, 2.24) is 30.8 Å². The van der Waals surface area contributed by atoms with E-state index in [0.29, 0.717) is 18.8 Å². The van der Waals surface area contributed by atoms with Crippen LogP contribution in [-0.2, 0) is 11.2 Å². The van der Waals surface area contributed by atoms with Gasteiger partial charge in [0.25, 0.3) is 0 Å². The lowest BCUT2D eigenvalue weighted by Gasteiger charge is -2.19. The zero-order chi connectivity index (χ0) is 16.8. The van der Waals surface area contributed by atoms with E-state index in [1.165, 1.54) is 5.57 Å². The van der Waals surface area contributed by atoms with Gasteiger partial charge in [-0.15, -0.1) is 17.5 Å². The van der Waals surface area contributed by atoms with E-state index in [1.54, 1.807) is 11.6 Å². The van der Waals surface area contributed by atoms with Crippen molar-refractivity contribution in [3.63, 3.8) is 0 Å². The molecule has 0 spiro atoms. The lowest BCUT2D eigenvalue weighted by Crippen LogP contribution is -2.37. The molecule has 1 aliphatic rings. The van der Waals surface area contributed by atoms with Gasteiger partial charge in [-0.25, -0.2) is 4.68 Å². The smallest absolute Gasteiger partial charge is 0.245 e. The van der Waals surface area contributed by atoms with Gasteiger partial charge in [-0.3, -0.25) is 4.79 Å². The number of carbonyl (C=O) groups is 1.